The Hall–Kier alpha value is -1.72. The number of halogens is 2. The summed E-state index contributed by atoms with van der Waals surface area (Å²) in [7, 11) is -3.35. The Labute approximate surface area is 208 Å². The van der Waals surface area contributed by atoms with E-state index < -0.39 is 10.0 Å². The van der Waals surface area contributed by atoms with Crippen molar-refractivity contribution in [1.82, 2.24) is 15.4 Å². The maximum absolute atomic E-state index is 13.9. The minimum absolute atomic E-state index is 0. The van der Waals surface area contributed by atoms with Gasteiger partial charge >= 0.3 is 0 Å². The Balaban J connectivity index is 0.00000512. The third-order valence-electron chi connectivity index (χ3n) is 4.61. The van der Waals surface area contributed by atoms with Gasteiger partial charge in [-0.05, 0) is 62.9 Å². The number of hydrogen-bond acceptors (Lipinski definition) is 3. The van der Waals surface area contributed by atoms with Crippen LogP contribution < -0.4 is 15.4 Å². The molecule has 0 aliphatic rings. The normalized spacial score (nSPS) is 12.9. The lowest BCUT2D eigenvalue weighted by molar-refractivity contribution is 0.569. The van der Waals surface area contributed by atoms with Crippen molar-refractivity contribution in [3.8, 4) is 0 Å². The van der Waals surface area contributed by atoms with Crippen molar-refractivity contribution in [2.45, 2.75) is 59.0 Å². The lowest BCUT2D eigenvalue weighted by Crippen LogP contribution is -2.38. The Morgan fingerprint density at radius 3 is 2.25 bits per heavy atom. The molecule has 1 unspecified atom stereocenters. The van der Waals surface area contributed by atoms with E-state index in [4.69, 9.17) is 0 Å². The quantitative estimate of drug-likeness (QED) is 0.235. The Morgan fingerprint density at radius 1 is 1.06 bits per heavy atom. The summed E-state index contributed by atoms with van der Waals surface area (Å²) >= 11 is 0. The molecule has 0 heterocycles. The largest absolute Gasteiger partial charge is 0.357 e. The van der Waals surface area contributed by atoms with Crippen LogP contribution in [-0.4, -0.2) is 27.0 Å². The van der Waals surface area contributed by atoms with Gasteiger partial charge in [-0.15, -0.1) is 24.0 Å². The van der Waals surface area contributed by atoms with Crippen LogP contribution in [0.5, 0.6) is 0 Å². The number of nitrogens with one attached hydrogen (secondary N) is 3. The fourth-order valence-corrected chi connectivity index (χ4v) is 4.45. The maximum Gasteiger partial charge on any atom is 0.216 e. The zero-order valence-corrected chi connectivity index (χ0v) is 22.4. The van der Waals surface area contributed by atoms with Gasteiger partial charge in [-0.1, -0.05) is 36.4 Å². The summed E-state index contributed by atoms with van der Waals surface area (Å²) in [6.07, 6.45) is 0. The van der Waals surface area contributed by atoms with E-state index in [0.717, 1.165) is 16.7 Å². The van der Waals surface area contributed by atoms with Crippen LogP contribution >= 0.6 is 24.0 Å². The predicted octanol–water partition coefficient (Wildman–Crippen LogP) is 4.40. The molecule has 0 aliphatic carbocycles. The minimum atomic E-state index is -3.35. The van der Waals surface area contributed by atoms with E-state index in [0.29, 0.717) is 24.6 Å². The summed E-state index contributed by atoms with van der Waals surface area (Å²) in [6, 6.07) is 12.3. The monoisotopic (exact) mass is 576 g/mol. The molecule has 0 fully saturated rings. The van der Waals surface area contributed by atoms with E-state index in [2.05, 4.69) is 20.3 Å². The van der Waals surface area contributed by atoms with Crippen LogP contribution in [0.25, 0.3) is 0 Å². The third-order valence-corrected chi connectivity index (χ3v) is 6.15. The van der Waals surface area contributed by atoms with Gasteiger partial charge in [0.2, 0.25) is 10.0 Å². The zero-order chi connectivity index (χ0) is 23.0. The van der Waals surface area contributed by atoms with Gasteiger partial charge in [0.1, 0.15) is 5.82 Å². The van der Waals surface area contributed by atoms with Crippen molar-refractivity contribution in [2.75, 3.05) is 6.54 Å². The van der Waals surface area contributed by atoms with Crippen molar-refractivity contribution in [2.24, 2.45) is 4.99 Å². The number of aryl methyl sites for hydroxylation is 1. The molecule has 0 amide bonds. The predicted molar refractivity (Wildman–Crippen MR) is 140 cm³/mol. The Bertz CT molecular complexity index is 996. The first-order chi connectivity index (χ1) is 14.6. The first kappa shape index (κ1) is 28.3. The molecule has 0 aromatic heterocycles. The number of aliphatic imine (C=N–C) groups is 1. The van der Waals surface area contributed by atoms with Gasteiger partial charge in [0.05, 0.1) is 18.3 Å². The van der Waals surface area contributed by atoms with E-state index in [1.807, 2.05) is 44.2 Å². The molecule has 0 saturated heterocycles. The van der Waals surface area contributed by atoms with Crippen LogP contribution in [0, 0.1) is 12.7 Å². The lowest BCUT2D eigenvalue weighted by Gasteiger charge is -2.18. The molecule has 0 saturated carbocycles. The van der Waals surface area contributed by atoms with Crippen LogP contribution in [0.4, 0.5) is 4.39 Å². The van der Waals surface area contributed by atoms with Gasteiger partial charge in [-0.25, -0.2) is 22.5 Å². The molecule has 0 aliphatic heterocycles. The van der Waals surface area contributed by atoms with Crippen molar-refractivity contribution >= 4 is 40.0 Å². The molecule has 9 heteroatoms. The van der Waals surface area contributed by atoms with Crippen LogP contribution in [-0.2, 0) is 22.3 Å². The first-order valence-electron chi connectivity index (χ1n) is 10.5. The summed E-state index contributed by atoms with van der Waals surface area (Å²) in [5, 5.41) is 6.49. The zero-order valence-electron chi connectivity index (χ0n) is 19.3. The third kappa shape index (κ3) is 9.41. The van der Waals surface area contributed by atoms with E-state index >= 15 is 0 Å². The molecule has 2 rings (SSSR count). The second kappa shape index (κ2) is 13.1. The van der Waals surface area contributed by atoms with Gasteiger partial charge < -0.3 is 10.6 Å². The molecule has 3 N–H and O–H groups in total. The highest BCUT2D eigenvalue weighted by atomic mass is 127. The average molecular weight is 577 g/mol. The smallest absolute Gasteiger partial charge is 0.216 e. The highest BCUT2D eigenvalue weighted by molar-refractivity contribution is 14.0. The van der Waals surface area contributed by atoms with Gasteiger partial charge in [0, 0.05) is 12.6 Å². The number of hydrogen-bond donors (Lipinski definition) is 3. The number of guanidine groups is 1. The van der Waals surface area contributed by atoms with E-state index in [1.54, 1.807) is 26.8 Å². The second-order valence-electron chi connectivity index (χ2n) is 7.92. The van der Waals surface area contributed by atoms with Crippen molar-refractivity contribution in [1.29, 1.82) is 0 Å². The fraction of sp³-hybridized carbons (Fsp3) is 0.435. The topological polar surface area (TPSA) is 82.6 Å². The number of rotatable bonds is 9. The standard InChI is InChI=1S/C23H33FN4O2S.HI/c1-6-25-23(27-18(5)21-12-7-17(4)22(24)13-21)26-14-19-8-10-20(11-9-19)15-31(29,30)28-16(2)3;/h7-13,16,18,28H,6,14-15H2,1-5H3,(H2,25,26,27);1H. The molecular formula is C23H34FIN4O2S. The Kier molecular flexibility index (Phi) is 11.6. The van der Waals surface area contributed by atoms with Crippen molar-refractivity contribution < 1.29 is 12.8 Å². The van der Waals surface area contributed by atoms with E-state index in [-0.39, 0.29) is 47.6 Å². The van der Waals surface area contributed by atoms with Gasteiger partial charge in [-0.3, -0.25) is 0 Å². The van der Waals surface area contributed by atoms with E-state index in [1.165, 1.54) is 6.07 Å². The lowest BCUT2D eigenvalue weighted by atomic mass is 10.1. The SMILES string of the molecule is CCNC(=NCc1ccc(CS(=O)(=O)NC(C)C)cc1)NC(C)c1ccc(C)c(F)c1.I. The summed E-state index contributed by atoms with van der Waals surface area (Å²) < 4.78 is 40.6. The van der Waals surface area contributed by atoms with Crippen LogP contribution in [0.3, 0.4) is 0 Å². The highest BCUT2D eigenvalue weighted by Crippen LogP contribution is 2.16. The molecule has 2 aromatic rings. The Morgan fingerprint density at radius 2 is 1.69 bits per heavy atom. The first-order valence-corrected chi connectivity index (χ1v) is 12.1. The van der Waals surface area contributed by atoms with Crippen molar-refractivity contribution in [3.63, 3.8) is 0 Å². The summed E-state index contributed by atoms with van der Waals surface area (Å²) in [4.78, 5) is 4.60. The average Bonchev–Trinajstić information content (AvgIpc) is 2.68. The number of benzene rings is 2. The number of sulfonamides is 1. The molecule has 0 spiro atoms. The van der Waals surface area contributed by atoms with Crippen LogP contribution in [0.1, 0.15) is 56.0 Å². The minimum Gasteiger partial charge on any atom is -0.357 e. The fourth-order valence-electron chi connectivity index (χ4n) is 3.02. The van der Waals surface area contributed by atoms with Crippen molar-refractivity contribution in [3.05, 3.63) is 70.5 Å². The van der Waals surface area contributed by atoms with Crippen LogP contribution in [0.2, 0.25) is 0 Å². The molecule has 1 atom stereocenters. The summed E-state index contributed by atoms with van der Waals surface area (Å²) in [5.74, 6) is 0.353. The van der Waals surface area contributed by atoms with E-state index in [9.17, 15) is 12.8 Å². The molecule has 0 radical (unpaired) electrons. The highest BCUT2D eigenvalue weighted by Gasteiger charge is 2.13. The summed E-state index contributed by atoms with van der Waals surface area (Å²) in [5.41, 5.74) is 3.15. The van der Waals surface area contributed by atoms with Gasteiger partial charge in [0.15, 0.2) is 5.96 Å². The van der Waals surface area contributed by atoms with Gasteiger partial charge in [-0.2, -0.15) is 0 Å². The molecule has 32 heavy (non-hydrogen) atoms. The molecule has 2 aromatic carbocycles. The summed E-state index contributed by atoms with van der Waals surface area (Å²) in [6.45, 7) is 10.4. The molecule has 0 bridgehead atoms. The molecular weight excluding hydrogens is 542 g/mol. The van der Waals surface area contributed by atoms with Crippen LogP contribution in [0.15, 0.2) is 47.5 Å². The second-order valence-corrected chi connectivity index (χ2v) is 9.67. The maximum atomic E-state index is 13.9. The number of nitrogens with zero attached hydrogens (tertiary/aromatic N) is 1. The molecule has 178 valence electrons. The van der Waals surface area contributed by atoms with Gasteiger partial charge in [0.25, 0.3) is 0 Å². The molecule has 6 nitrogen and oxygen atoms in total.